The average Bonchev–Trinajstić information content (AvgIpc) is 3.28. The van der Waals surface area contributed by atoms with Crippen LogP contribution in [0.4, 0.5) is 5.69 Å². The summed E-state index contributed by atoms with van der Waals surface area (Å²) in [5.74, 6) is -0.212. The summed E-state index contributed by atoms with van der Waals surface area (Å²) in [6, 6.07) is 9.44. The summed E-state index contributed by atoms with van der Waals surface area (Å²) in [5.41, 5.74) is 0.00310. The second-order valence-corrected chi connectivity index (χ2v) is 5.39. The van der Waals surface area contributed by atoms with Crippen LogP contribution < -0.4 is 10.2 Å². The van der Waals surface area contributed by atoms with Crippen LogP contribution >= 0.6 is 0 Å². The Morgan fingerprint density at radius 1 is 1.25 bits per heavy atom. The van der Waals surface area contributed by atoms with Gasteiger partial charge in [-0.05, 0) is 31.4 Å². The molecule has 0 heterocycles. The Kier molecular flexibility index (Phi) is 4.42. The van der Waals surface area contributed by atoms with Crippen molar-refractivity contribution in [3.05, 3.63) is 30.3 Å². The molecule has 1 saturated carbocycles. The van der Waals surface area contributed by atoms with Crippen molar-refractivity contribution in [1.82, 2.24) is 5.32 Å². The number of amides is 2. The first-order valence-electron chi connectivity index (χ1n) is 7.23. The molecule has 0 bridgehead atoms. The van der Waals surface area contributed by atoms with Crippen LogP contribution in [0.1, 0.15) is 32.6 Å². The molecule has 0 spiro atoms. The fourth-order valence-electron chi connectivity index (χ4n) is 2.30. The molecule has 1 aliphatic rings. The van der Waals surface area contributed by atoms with Gasteiger partial charge in [-0.1, -0.05) is 31.5 Å². The van der Waals surface area contributed by atoms with E-state index in [0.29, 0.717) is 19.4 Å². The Morgan fingerprint density at radius 3 is 2.45 bits per heavy atom. The van der Waals surface area contributed by atoms with E-state index in [4.69, 9.17) is 0 Å². The quantitative estimate of drug-likeness (QED) is 0.639. The Bertz CT molecular complexity index is 481. The fraction of sp³-hybridized carbons (Fsp3) is 0.500. The molecule has 0 saturated heterocycles. The van der Waals surface area contributed by atoms with E-state index in [1.54, 1.807) is 11.9 Å². The molecule has 0 aromatic heterocycles. The van der Waals surface area contributed by atoms with Crippen molar-refractivity contribution in [3.63, 3.8) is 0 Å². The maximum atomic E-state index is 12.6. The summed E-state index contributed by atoms with van der Waals surface area (Å²) in [6.45, 7) is 2.73. The van der Waals surface area contributed by atoms with E-state index in [-0.39, 0.29) is 11.8 Å². The van der Waals surface area contributed by atoms with Crippen molar-refractivity contribution in [2.75, 3.05) is 18.5 Å². The third-order valence-corrected chi connectivity index (χ3v) is 3.86. The highest BCUT2D eigenvalue weighted by atomic mass is 16.2. The first-order chi connectivity index (χ1) is 9.62. The van der Waals surface area contributed by atoms with Crippen LogP contribution in [0, 0.1) is 5.41 Å². The van der Waals surface area contributed by atoms with Gasteiger partial charge in [0.2, 0.25) is 11.8 Å². The minimum atomic E-state index is -0.821. The molecular formula is C16H22N2O2. The molecule has 20 heavy (non-hydrogen) atoms. The van der Waals surface area contributed by atoms with Gasteiger partial charge in [-0.15, -0.1) is 0 Å². The van der Waals surface area contributed by atoms with Gasteiger partial charge in [-0.2, -0.15) is 0 Å². The molecule has 1 aromatic rings. The van der Waals surface area contributed by atoms with Gasteiger partial charge >= 0.3 is 0 Å². The molecule has 4 nitrogen and oxygen atoms in total. The van der Waals surface area contributed by atoms with Crippen molar-refractivity contribution in [1.29, 1.82) is 0 Å². The van der Waals surface area contributed by atoms with Crippen LogP contribution in [-0.2, 0) is 9.59 Å². The lowest BCUT2D eigenvalue weighted by atomic mass is 10.0. The van der Waals surface area contributed by atoms with E-state index in [2.05, 4.69) is 12.2 Å². The summed E-state index contributed by atoms with van der Waals surface area (Å²) in [7, 11) is 1.73. The smallest absolute Gasteiger partial charge is 0.242 e. The number of rotatable bonds is 6. The molecule has 1 aliphatic carbocycles. The van der Waals surface area contributed by atoms with Gasteiger partial charge in [-0.25, -0.2) is 0 Å². The van der Waals surface area contributed by atoms with Gasteiger partial charge in [-0.3, -0.25) is 9.59 Å². The number of nitrogens with zero attached hydrogens (tertiary/aromatic N) is 1. The Morgan fingerprint density at radius 2 is 1.90 bits per heavy atom. The molecule has 2 rings (SSSR count). The number of hydrogen-bond acceptors (Lipinski definition) is 2. The lowest BCUT2D eigenvalue weighted by Gasteiger charge is -2.23. The first kappa shape index (κ1) is 14.6. The maximum absolute atomic E-state index is 12.6. The highest BCUT2D eigenvalue weighted by Crippen LogP contribution is 2.47. The molecule has 4 heteroatoms. The molecule has 1 fully saturated rings. The highest BCUT2D eigenvalue weighted by molar-refractivity contribution is 6.13. The zero-order valence-corrected chi connectivity index (χ0v) is 12.2. The van der Waals surface area contributed by atoms with Crippen molar-refractivity contribution in [3.8, 4) is 0 Å². The topological polar surface area (TPSA) is 49.4 Å². The summed E-state index contributed by atoms with van der Waals surface area (Å²) < 4.78 is 0. The van der Waals surface area contributed by atoms with Crippen LogP contribution in [-0.4, -0.2) is 25.4 Å². The van der Waals surface area contributed by atoms with E-state index < -0.39 is 5.41 Å². The van der Waals surface area contributed by atoms with Gasteiger partial charge in [0.05, 0.1) is 0 Å². The van der Waals surface area contributed by atoms with E-state index in [9.17, 15) is 9.59 Å². The van der Waals surface area contributed by atoms with E-state index >= 15 is 0 Å². The molecule has 108 valence electrons. The van der Waals surface area contributed by atoms with Crippen molar-refractivity contribution >= 4 is 17.5 Å². The van der Waals surface area contributed by atoms with Gasteiger partial charge < -0.3 is 10.2 Å². The zero-order valence-electron chi connectivity index (χ0n) is 12.2. The summed E-state index contributed by atoms with van der Waals surface area (Å²) in [5, 5.41) is 2.89. The zero-order chi connectivity index (χ0) is 14.6. The minimum absolute atomic E-state index is 0.0994. The number of carbonyl (C=O) groups is 2. The third kappa shape index (κ3) is 2.84. The number of nitrogens with one attached hydrogen (secondary N) is 1. The number of hydrogen-bond donors (Lipinski definition) is 1. The second kappa shape index (κ2) is 6.07. The number of para-hydroxylation sites is 1. The van der Waals surface area contributed by atoms with Gasteiger partial charge in [0.1, 0.15) is 5.41 Å². The van der Waals surface area contributed by atoms with Crippen LogP contribution in [0.2, 0.25) is 0 Å². The minimum Gasteiger partial charge on any atom is -0.355 e. The predicted octanol–water partition coefficient (Wildman–Crippen LogP) is 2.35. The van der Waals surface area contributed by atoms with Crippen LogP contribution in [0.15, 0.2) is 30.3 Å². The monoisotopic (exact) mass is 274 g/mol. The molecule has 0 radical (unpaired) electrons. The molecule has 0 atom stereocenters. The Labute approximate surface area is 120 Å². The average molecular weight is 274 g/mol. The lowest BCUT2D eigenvalue weighted by Crippen LogP contribution is -2.44. The Balaban J connectivity index is 2.03. The summed E-state index contributed by atoms with van der Waals surface area (Å²) in [4.78, 5) is 26.4. The Hall–Kier alpha value is -1.84. The molecule has 0 aliphatic heterocycles. The largest absolute Gasteiger partial charge is 0.355 e. The predicted molar refractivity (Wildman–Crippen MR) is 79.4 cm³/mol. The van der Waals surface area contributed by atoms with Crippen molar-refractivity contribution in [2.24, 2.45) is 5.41 Å². The summed E-state index contributed by atoms with van der Waals surface area (Å²) >= 11 is 0. The standard InChI is InChI=1S/C16H22N2O2/c1-3-4-12-17-14(19)16(10-11-16)15(20)18(2)13-8-6-5-7-9-13/h5-9H,3-4,10-12H2,1-2H3,(H,17,19). The number of unbranched alkanes of at least 4 members (excludes halogenated alkanes) is 1. The molecule has 0 unspecified atom stereocenters. The number of benzene rings is 1. The van der Waals surface area contributed by atoms with Crippen LogP contribution in [0.3, 0.4) is 0 Å². The fourth-order valence-corrected chi connectivity index (χ4v) is 2.30. The van der Waals surface area contributed by atoms with Crippen LogP contribution in [0.25, 0.3) is 0 Å². The first-order valence-corrected chi connectivity index (χ1v) is 7.23. The summed E-state index contributed by atoms with van der Waals surface area (Å²) in [6.07, 6.45) is 3.29. The second-order valence-electron chi connectivity index (χ2n) is 5.39. The van der Waals surface area contributed by atoms with E-state index in [0.717, 1.165) is 18.5 Å². The van der Waals surface area contributed by atoms with E-state index in [1.807, 2.05) is 30.3 Å². The third-order valence-electron chi connectivity index (χ3n) is 3.86. The SMILES string of the molecule is CCCCNC(=O)C1(C(=O)N(C)c2ccccc2)CC1. The number of carbonyl (C=O) groups excluding carboxylic acids is 2. The molecule has 2 amide bonds. The number of anilines is 1. The van der Waals surface area contributed by atoms with Crippen LogP contribution in [0.5, 0.6) is 0 Å². The van der Waals surface area contributed by atoms with Crippen molar-refractivity contribution < 1.29 is 9.59 Å². The normalized spacial score (nSPS) is 15.5. The molecule has 1 aromatic carbocycles. The molecule has 1 N–H and O–H groups in total. The van der Waals surface area contributed by atoms with Crippen molar-refractivity contribution in [2.45, 2.75) is 32.6 Å². The van der Waals surface area contributed by atoms with Gasteiger partial charge in [0.25, 0.3) is 0 Å². The van der Waals surface area contributed by atoms with Gasteiger partial charge in [0.15, 0.2) is 0 Å². The van der Waals surface area contributed by atoms with E-state index in [1.165, 1.54) is 0 Å². The highest BCUT2D eigenvalue weighted by Gasteiger charge is 2.57. The van der Waals surface area contributed by atoms with Gasteiger partial charge in [0, 0.05) is 19.3 Å². The molecular weight excluding hydrogens is 252 g/mol. The maximum Gasteiger partial charge on any atom is 0.242 e. The lowest BCUT2D eigenvalue weighted by molar-refractivity contribution is -0.135.